The van der Waals surface area contributed by atoms with Gasteiger partial charge in [0.2, 0.25) is 0 Å². The van der Waals surface area contributed by atoms with Crippen LogP contribution in [0.15, 0.2) is 0 Å². The van der Waals surface area contributed by atoms with Gasteiger partial charge in [-0.2, -0.15) is 13.1 Å². The Balaban J connectivity index is 1.62. The number of rotatable bonds is 9. The van der Waals surface area contributed by atoms with Gasteiger partial charge < -0.3 is 14.6 Å². The molecule has 0 aromatic rings. The summed E-state index contributed by atoms with van der Waals surface area (Å²) < 4.78 is 37.2. The SMILES string of the molecule is O=C(NS(=O)(=O)NCCOCCO)OCC1[C@H]2CCC#CCC[C@@H]12. The van der Waals surface area contributed by atoms with Crippen molar-refractivity contribution in [3.63, 3.8) is 0 Å². The number of carbonyl (C=O) groups is 1. The third-order valence-corrected chi connectivity index (χ3v) is 5.26. The molecule has 0 aromatic carbocycles. The van der Waals surface area contributed by atoms with E-state index in [1.165, 1.54) is 0 Å². The van der Waals surface area contributed by atoms with Crippen LogP contribution < -0.4 is 9.44 Å². The molecule has 1 unspecified atom stereocenters. The van der Waals surface area contributed by atoms with E-state index in [4.69, 9.17) is 14.6 Å². The van der Waals surface area contributed by atoms with Gasteiger partial charge >= 0.3 is 16.3 Å². The molecule has 3 N–H and O–H groups in total. The Bertz CT molecular complexity index is 565. The summed E-state index contributed by atoms with van der Waals surface area (Å²) in [5.41, 5.74) is 0. The zero-order valence-electron chi connectivity index (χ0n) is 13.5. The van der Waals surface area contributed by atoms with Gasteiger partial charge in [-0.15, -0.1) is 11.8 Å². The normalized spacial score (nSPS) is 25.5. The lowest BCUT2D eigenvalue weighted by Gasteiger charge is -2.09. The van der Waals surface area contributed by atoms with Gasteiger partial charge in [-0.3, -0.25) is 0 Å². The van der Waals surface area contributed by atoms with E-state index in [1.54, 1.807) is 4.72 Å². The van der Waals surface area contributed by atoms with Gasteiger partial charge in [0.1, 0.15) is 0 Å². The lowest BCUT2D eigenvalue weighted by Crippen LogP contribution is -2.42. The van der Waals surface area contributed by atoms with Crippen molar-refractivity contribution >= 4 is 16.3 Å². The predicted octanol–water partition coefficient (Wildman–Crippen LogP) is -0.00450. The van der Waals surface area contributed by atoms with E-state index in [0.29, 0.717) is 17.8 Å². The molecule has 0 heterocycles. The third kappa shape index (κ3) is 6.28. The van der Waals surface area contributed by atoms with Crippen molar-refractivity contribution in [1.29, 1.82) is 0 Å². The van der Waals surface area contributed by atoms with E-state index < -0.39 is 16.3 Å². The van der Waals surface area contributed by atoms with Crippen molar-refractivity contribution in [2.75, 3.05) is 33.0 Å². The maximum absolute atomic E-state index is 11.6. The summed E-state index contributed by atoms with van der Waals surface area (Å²) in [7, 11) is -3.97. The summed E-state index contributed by atoms with van der Waals surface area (Å²) in [6.45, 7) is 0.328. The molecule has 8 nitrogen and oxygen atoms in total. The summed E-state index contributed by atoms with van der Waals surface area (Å²) in [4.78, 5) is 11.6. The number of nitrogens with one attached hydrogen (secondary N) is 2. The molecule has 136 valence electrons. The molecule has 0 aromatic heterocycles. The first-order valence-electron chi connectivity index (χ1n) is 8.12. The number of hydrogen-bond donors (Lipinski definition) is 3. The van der Waals surface area contributed by atoms with Crippen LogP contribution in [0.1, 0.15) is 25.7 Å². The monoisotopic (exact) mass is 360 g/mol. The Morgan fingerprint density at radius 2 is 1.83 bits per heavy atom. The van der Waals surface area contributed by atoms with E-state index in [-0.39, 0.29) is 33.0 Å². The quantitative estimate of drug-likeness (QED) is 0.394. The average Bonchev–Trinajstić information content (AvgIpc) is 3.14. The summed E-state index contributed by atoms with van der Waals surface area (Å²) in [6.07, 6.45) is 2.80. The van der Waals surface area contributed by atoms with Gasteiger partial charge in [0.15, 0.2) is 0 Å². The summed E-state index contributed by atoms with van der Waals surface area (Å²) in [5.74, 6) is 7.59. The fourth-order valence-corrected chi connectivity index (χ4v) is 3.75. The highest BCUT2D eigenvalue weighted by Crippen LogP contribution is 2.52. The third-order valence-electron chi connectivity index (χ3n) is 4.24. The standard InChI is InChI=1S/C15H24N2O6S/c18-8-10-22-9-7-16-24(20,21)17-15(19)23-11-14-12-5-3-1-2-4-6-13(12)14/h12-14,16,18H,3-11H2,(H,17,19)/t12-,13+,14?. The fraction of sp³-hybridized carbons (Fsp3) is 0.800. The molecule has 2 rings (SSSR count). The highest BCUT2D eigenvalue weighted by Gasteiger charge is 2.49. The Morgan fingerprint density at radius 3 is 2.46 bits per heavy atom. The molecule has 0 saturated heterocycles. The molecule has 9 heteroatoms. The van der Waals surface area contributed by atoms with Crippen molar-refractivity contribution in [1.82, 2.24) is 9.44 Å². The number of amides is 1. The van der Waals surface area contributed by atoms with Crippen LogP contribution in [0.25, 0.3) is 0 Å². The van der Waals surface area contributed by atoms with Crippen LogP contribution in [0.4, 0.5) is 4.79 Å². The van der Waals surface area contributed by atoms with Crippen LogP contribution in [-0.4, -0.2) is 52.6 Å². The number of carbonyl (C=O) groups excluding carboxylic acids is 1. The zero-order valence-corrected chi connectivity index (χ0v) is 14.3. The largest absolute Gasteiger partial charge is 0.449 e. The fourth-order valence-electron chi connectivity index (χ4n) is 3.04. The molecule has 1 amide bonds. The molecule has 3 atom stereocenters. The van der Waals surface area contributed by atoms with Gasteiger partial charge in [-0.05, 0) is 30.6 Å². The van der Waals surface area contributed by atoms with Crippen molar-refractivity contribution < 1.29 is 27.8 Å². The number of aliphatic hydroxyl groups excluding tert-OH is 1. The van der Waals surface area contributed by atoms with Crippen molar-refractivity contribution in [3.8, 4) is 11.8 Å². The Labute approximate surface area is 142 Å². The second-order valence-electron chi connectivity index (χ2n) is 5.86. The summed E-state index contributed by atoms with van der Waals surface area (Å²) in [6, 6.07) is 0. The molecular weight excluding hydrogens is 336 g/mol. The molecule has 2 aliphatic rings. The van der Waals surface area contributed by atoms with Gasteiger partial charge in [0.05, 0.1) is 26.4 Å². The Hall–Kier alpha value is -1.34. The van der Waals surface area contributed by atoms with E-state index in [1.807, 2.05) is 0 Å². The first-order valence-corrected chi connectivity index (χ1v) is 9.60. The Morgan fingerprint density at radius 1 is 1.17 bits per heavy atom. The number of fused-ring (bicyclic) bond motifs is 1. The van der Waals surface area contributed by atoms with E-state index >= 15 is 0 Å². The second kappa shape index (κ2) is 9.22. The minimum absolute atomic E-state index is 0.00458. The lowest BCUT2D eigenvalue weighted by molar-refractivity contribution is 0.0961. The van der Waals surface area contributed by atoms with Crippen LogP contribution in [0.5, 0.6) is 0 Å². The van der Waals surface area contributed by atoms with Crippen LogP contribution >= 0.6 is 0 Å². The Kier molecular flexibility index (Phi) is 7.30. The first-order chi connectivity index (χ1) is 11.5. The first kappa shape index (κ1) is 19.0. The van der Waals surface area contributed by atoms with E-state index in [2.05, 4.69) is 16.6 Å². The maximum atomic E-state index is 11.6. The molecule has 0 bridgehead atoms. The number of hydrogen-bond acceptors (Lipinski definition) is 6. The van der Waals surface area contributed by atoms with E-state index in [9.17, 15) is 13.2 Å². The molecule has 1 saturated carbocycles. The van der Waals surface area contributed by atoms with Gasteiger partial charge in [0, 0.05) is 19.4 Å². The molecule has 2 aliphatic carbocycles. The minimum atomic E-state index is -3.97. The molecule has 24 heavy (non-hydrogen) atoms. The molecule has 0 aliphatic heterocycles. The zero-order chi connectivity index (χ0) is 17.4. The highest BCUT2D eigenvalue weighted by molar-refractivity contribution is 7.88. The molecule has 0 spiro atoms. The molecule has 0 radical (unpaired) electrons. The topological polar surface area (TPSA) is 114 Å². The van der Waals surface area contributed by atoms with Gasteiger partial charge in [-0.25, -0.2) is 9.52 Å². The van der Waals surface area contributed by atoms with E-state index in [0.717, 1.165) is 25.7 Å². The van der Waals surface area contributed by atoms with Crippen LogP contribution in [0, 0.1) is 29.6 Å². The number of ether oxygens (including phenoxy) is 2. The maximum Gasteiger partial charge on any atom is 0.421 e. The van der Waals surface area contributed by atoms with Crippen LogP contribution in [0.3, 0.4) is 0 Å². The molecular formula is C15H24N2O6S. The second-order valence-corrected chi connectivity index (χ2v) is 7.36. The van der Waals surface area contributed by atoms with Crippen molar-refractivity contribution in [2.24, 2.45) is 17.8 Å². The van der Waals surface area contributed by atoms with Crippen molar-refractivity contribution in [2.45, 2.75) is 25.7 Å². The molecule has 1 fully saturated rings. The van der Waals surface area contributed by atoms with Crippen LogP contribution in [-0.2, 0) is 19.7 Å². The predicted molar refractivity (Wildman–Crippen MR) is 86.0 cm³/mol. The lowest BCUT2D eigenvalue weighted by atomic mass is 10.1. The van der Waals surface area contributed by atoms with Gasteiger partial charge in [-0.1, -0.05) is 0 Å². The van der Waals surface area contributed by atoms with Crippen molar-refractivity contribution in [3.05, 3.63) is 0 Å². The average molecular weight is 360 g/mol. The minimum Gasteiger partial charge on any atom is -0.449 e. The summed E-state index contributed by atoms with van der Waals surface area (Å²) >= 11 is 0. The summed E-state index contributed by atoms with van der Waals surface area (Å²) in [5, 5.41) is 8.52. The van der Waals surface area contributed by atoms with Crippen LogP contribution in [0.2, 0.25) is 0 Å². The smallest absolute Gasteiger partial charge is 0.421 e. The highest BCUT2D eigenvalue weighted by atomic mass is 32.2. The number of aliphatic hydroxyl groups is 1. The van der Waals surface area contributed by atoms with Gasteiger partial charge in [0.25, 0.3) is 0 Å².